The van der Waals surface area contributed by atoms with Gasteiger partial charge in [-0.25, -0.2) is 4.98 Å². The summed E-state index contributed by atoms with van der Waals surface area (Å²) in [4.78, 5) is 35.5. The summed E-state index contributed by atoms with van der Waals surface area (Å²) in [5, 5.41) is 7.30. The first-order valence-corrected chi connectivity index (χ1v) is 9.86. The molecule has 0 aliphatic carbocycles. The van der Waals surface area contributed by atoms with Crippen LogP contribution in [0, 0.1) is 0 Å². The standard InChI is InChI=1S/C18H20N6O3S/c1-27-14-5-3-2-4-13(14)23-6-8-24(9-7-23)15(25)11-28-18-20-16-12(10-19-22-16)17(26)21-18/h2-5,10H,6-9,11H2,1H3,(H2,19,20,21,22,26). The lowest BCUT2D eigenvalue weighted by Gasteiger charge is -2.36. The number of nitrogens with zero attached hydrogens (tertiary/aromatic N) is 4. The Morgan fingerprint density at radius 2 is 2.04 bits per heavy atom. The highest BCUT2D eigenvalue weighted by atomic mass is 32.2. The number of carbonyl (C=O) groups is 1. The number of carbonyl (C=O) groups excluding carboxylic acids is 1. The lowest BCUT2D eigenvalue weighted by molar-refractivity contribution is -0.128. The van der Waals surface area contributed by atoms with Crippen molar-refractivity contribution in [3.05, 3.63) is 40.8 Å². The molecule has 0 bridgehead atoms. The molecule has 2 N–H and O–H groups in total. The van der Waals surface area contributed by atoms with E-state index in [0.717, 1.165) is 24.5 Å². The minimum Gasteiger partial charge on any atom is -0.495 e. The van der Waals surface area contributed by atoms with Crippen molar-refractivity contribution in [3.8, 4) is 5.75 Å². The van der Waals surface area contributed by atoms with Gasteiger partial charge < -0.3 is 19.5 Å². The number of ether oxygens (including phenoxy) is 1. The van der Waals surface area contributed by atoms with Crippen LogP contribution in [0.15, 0.2) is 40.4 Å². The first-order valence-electron chi connectivity index (χ1n) is 8.87. The second-order valence-corrected chi connectivity index (χ2v) is 7.30. The van der Waals surface area contributed by atoms with Crippen LogP contribution in [0.1, 0.15) is 0 Å². The number of aromatic amines is 2. The average Bonchev–Trinajstić information content (AvgIpc) is 3.21. The number of thioether (sulfide) groups is 1. The number of rotatable bonds is 5. The third-order valence-electron chi connectivity index (χ3n) is 4.69. The summed E-state index contributed by atoms with van der Waals surface area (Å²) >= 11 is 1.22. The fourth-order valence-corrected chi connectivity index (χ4v) is 3.97. The zero-order chi connectivity index (χ0) is 19.5. The molecule has 1 aromatic carbocycles. The number of fused-ring (bicyclic) bond motifs is 1. The number of para-hydroxylation sites is 2. The third kappa shape index (κ3) is 3.68. The van der Waals surface area contributed by atoms with Crippen LogP contribution in [-0.4, -0.2) is 70.0 Å². The summed E-state index contributed by atoms with van der Waals surface area (Å²) < 4.78 is 5.43. The van der Waals surface area contributed by atoms with Gasteiger partial charge in [0.05, 0.1) is 24.7 Å². The number of nitrogens with one attached hydrogen (secondary N) is 2. The van der Waals surface area contributed by atoms with Crippen molar-refractivity contribution < 1.29 is 9.53 Å². The number of hydrogen-bond donors (Lipinski definition) is 2. The van der Waals surface area contributed by atoms with Gasteiger partial charge in [0, 0.05) is 26.2 Å². The summed E-state index contributed by atoms with van der Waals surface area (Å²) in [5.74, 6) is 1.08. The fraction of sp³-hybridized carbons (Fsp3) is 0.333. The van der Waals surface area contributed by atoms with Crippen LogP contribution in [0.4, 0.5) is 5.69 Å². The molecule has 146 valence electrons. The summed E-state index contributed by atoms with van der Waals surface area (Å²) in [6.07, 6.45) is 1.43. The van der Waals surface area contributed by atoms with E-state index in [0.29, 0.717) is 29.3 Å². The van der Waals surface area contributed by atoms with Gasteiger partial charge in [0.1, 0.15) is 11.1 Å². The molecule has 10 heteroatoms. The van der Waals surface area contributed by atoms with Crippen molar-refractivity contribution in [2.75, 3.05) is 43.9 Å². The summed E-state index contributed by atoms with van der Waals surface area (Å²) in [7, 11) is 1.66. The van der Waals surface area contributed by atoms with E-state index in [4.69, 9.17) is 4.74 Å². The van der Waals surface area contributed by atoms with E-state index in [1.165, 1.54) is 18.0 Å². The molecule has 0 atom stereocenters. The summed E-state index contributed by atoms with van der Waals surface area (Å²) in [6, 6.07) is 7.89. The van der Waals surface area contributed by atoms with Gasteiger partial charge in [-0.2, -0.15) is 5.10 Å². The molecule has 9 nitrogen and oxygen atoms in total. The lowest BCUT2D eigenvalue weighted by atomic mass is 10.2. The minimum absolute atomic E-state index is 0.0250. The SMILES string of the molecule is COc1ccccc1N1CCN(C(=O)CSc2nc3[nH]ncc3c(=O)[nH]2)CC1. The van der Waals surface area contributed by atoms with Crippen LogP contribution in [0.25, 0.3) is 11.0 Å². The smallest absolute Gasteiger partial charge is 0.262 e. The molecule has 0 spiro atoms. The second-order valence-electron chi connectivity index (χ2n) is 6.33. The van der Waals surface area contributed by atoms with Crippen molar-refractivity contribution in [1.82, 2.24) is 25.1 Å². The van der Waals surface area contributed by atoms with Crippen LogP contribution < -0.4 is 15.2 Å². The molecule has 0 saturated carbocycles. The molecule has 1 saturated heterocycles. The van der Waals surface area contributed by atoms with Crippen LogP contribution >= 0.6 is 11.8 Å². The van der Waals surface area contributed by atoms with Gasteiger partial charge in [-0.05, 0) is 12.1 Å². The lowest BCUT2D eigenvalue weighted by Crippen LogP contribution is -2.49. The maximum atomic E-state index is 12.6. The molecular weight excluding hydrogens is 380 g/mol. The number of hydrogen-bond acceptors (Lipinski definition) is 7. The first kappa shape index (κ1) is 18.4. The maximum absolute atomic E-state index is 12.6. The van der Waals surface area contributed by atoms with Crippen LogP contribution in [-0.2, 0) is 4.79 Å². The Balaban J connectivity index is 1.34. The van der Waals surface area contributed by atoms with Crippen molar-refractivity contribution in [1.29, 1.82) is 0 Å². The highest BCUT2D eigenvalue weighted by Gasteiger charge is 2.23. The molecule has 4 rings (SSSR count). The molecule has 1 aliphatic rings. The van der Waals surface area contributed by atoms with E-state index in [2.05, 4.69) is 25.1 Å². The highest BCUT2D eigenvalue weighted by Crippen LogP contribution is 2.28. The van der Waals surface area contributed by atoms with Gasteiger partial charge in [0.15, 0.2) is 10.8 Å². The van der Waals surface area contributed by atoms with Gasteiger partial charge in [0.25, 0.3) is 5.56 Å². The van der Waals surface area contributed by atoms with E-state index in [-0.39, 0.29) is 17.2 Å². The van der Waals surface area contributed by atoms with Crippen LogP contribution in [0.3, 0.4) is 0 Å². The van der Waals surface area contributed by atoms with E-state index < -0.39 is 0 Å². The number of methoxy groups -OCH3 is 1. The molecule has 1 amide bonds. The summed E-state index contributed by atoms with van der Waals surface area (Å²) in [5.41, 5.74) is 1.20. The number of benzene rings is 1. The third-order valence-corrected chi connectivity index (χ3v) is 5.55. The van der Waals surface area contributed by atoms with E-state index in [9.17, 15) is 9.59 Å². The number of anilines is 1. The second kappa shape index (κ2) is 7.93. The number of H-pyrrole nitrogens is 2. The van der Waals surface area contributed by atoms with Crippen LogP contribution in [0.5, 0.6) is 5.75 Å². The molecule has 28 heavy (non-hydrogen) atoms. The summed E-state index contributed by atoms with van der Waals surface area (Å²) in [6.45, 7) is 2.76. The molecule has 1 fully saturated rings. The van der Waals surface area contributed by atoms with Crippen LogP contribution in [0.2, 0.25) is 0 Å². The Kier molecular flexibility index (Phi) is 5.20. The normalized spacial score (nSPS) is 14.5. The first-order chi connectivity index (χ1) is 13.7. The van der Waals surface area contributed by atoms with E-state index >= 15 is 0 Å². The van der Waals surface area contributed by atoms with Crippen molar-refractivity contribution in [2.45, 2.75) is 5.16 Å². The quantitative estimate of drug-likeness (QED) is 0.488. The molecule has 3 aromatic rings. The number of amides is 1. The zero-order valence-electron chi connectivity index (χ0n) is 15.3. The van der Waals surface area contributed by atoms with E-state index in [1.54, 1.807) is 7.11 Å². The fourth-order valence-electron chi connectivity index (χ4n) is 3.20. The Morgan fingerprint density at radius 3 is 2.82 bits per heavy atom. The largest absolute Gasteiger partial charge is 0.495 e. The van der Waals surface area contributed by atoms with Crippen molar-refractivity contribution in [2.24, 2.45) is 0 Å². The molecule has 1 aliphatic heterocycles. The Bertz CT molecular complexity index is 1040. The van der Waals surface area contributed by atoms with Gasteiger partial charge >= 0.3 is 0 Å². The van der Waals surface area contributed by atoms with Crippen molar-refractivity contribution >= 4 is 34.4 Å². The number of aromatic nitrogens is 4. The topological polar surface area (TPSA) is 107 Å². The number of piperazine rings is 1. The van der Waals surface area contributed by atoms with Gasteiger partial charge in [-0.3, -0.25) is 14.7 Å². The molecule has 3 heterocycles. The van der Waals surface area contributed by atoms with Crippen molar-refractivity contribution in [3.63, 3.8) is 0 Å². The predicted molar refractivity (Wildman–Crippen MR) is 107 cm³/mol. The van der Waals surface area contributed by atoms with Gasteiger partial charge in [-0.15, -0.1) is 0 Å². The van der Waals surface area contributed by atoms with E-state index in [1.807, 2.05) is 29.2 Å². The molecule has 0 unspecified atom stereocenters. The highest BCUT2D eigenvalue weighted by molar-refractivity contribution is 7.99. The molecule has 0 radical (unpaired) electrons. The minimum atomic E-state index is -0.265. The Labute approximate surface area is 165 Å². The molecule has 2 aromatic heterocycles. The Hall–Kier alpha value is -3.01. The molecular formula is C18H20N6O3S. The predicted octanol–water partition coefficient (Wildman–Crippen LogP) is 1.10. The van der Waals surface area contributed by atoms with Gasteiger partial charge in [-0.1, -0.05) is 23.9 Å². The van der Waals surface area contributed by atoms with Gasteiger partial charge in [0.2, 0.25) is 5.91 Å². The average molecular weight is 400 g/mol. The monoisotopic (exact) mass is 400 g/mol. The maximum Gasteiger partial charge on any atom is 0.262 e. The zero-order valence-corrected chi connectivity index (χ0v) is 16.2. The Morgan fingerprint density at radius 1 is 1.25 bits per heavy atom.